The molecule has 1 aromatic carbocycles. The lowest BCUT2D eigenvalue weighted by molar-refractivity contribution is -0.0260. The van der Waals surface area contributed by atoms with Crippen LogP contribution in [0.25, 0.3) is 0 Å². The molecule has 0 amide bonds. The third kappa shape index (κ3) is 4.37. The predicted octanol–water partition coefficient (Wildman–Crippen LogP) is 2.68. The Morgan fingerprint density at radius 1 is 1.50 bits per heavy atom. The largest absolute Gasteiger partial charge is 0.374 e. The number of hydrogen-bond acceptors (Lipinski definition) is 3. The van der Waals surface area contributed by atoms with Crippen molar-refractivity contribution in [1.82, 2.24) is 4.90 Å². The first-order valence-corrected chi connectivity index (χ1v) is 6.84. The molecule has 0 aliphatic carbocycles. The number of hydrogen-bond donors (Lipinski definition) is 1. The van der Waals surface area contributed by atoms with E-state index >= 15 is 0 Å². The second kappa shape index (κ2) is 7.68. The average molecular weight is 356 g/mol. The van der Waals surface area contributed by atoms with Gasteiger partial charge in [-0.1, -0.05) is 17.7 Å². The van der Waals surface area contributed by atoms with E-state index in [-0.39, 0.29) is 18.5 Å². The van der Waals surface area contributed by atoms with Gasteiger partial charge in [0.25, 0.3) is 0 Å². The third-order valence-corrected chi connectivity index (χ3v) is 4.09. The highest BCUT2D eigenvalue weighted by Crippen LogP contribution is 2.24. The minimum atomic E-state index is 0. The van der Waals surface area contributed by atoms with Gasteiger partial charge in [-0.2, -0.15) is 0 Å². The van der Waals surface area contributed by atoms with Crippen LogP contribution in [0.4, 0.5) is 0 Å². The topological polar surface area (TPSA) is 38.5 Å². The van der Waals surface area contributed by atoms with Crippen LogP contribution in [-0.2, 0) is 11.3 Å². The first-order chi connectivity index (χ1) is 8.19. The third-order valence-electron chi connectivity index (χ3n) is 2.88. The molecule has 1 unspecified atom stereocenters. The molecule has 102 valence electrons. The monoisotopic (exact) mass is 354 g/mol. The molecule has 0 spiro atoms. The molecule has 6 heteroatoms. The number of rotatable bonds is 3. The Morgan fingerprint density at radius 2 is 2.28 bits per heavy atom. The molecule has 2 N–H and O–H groups in total. The minimum absolute atomic E-state index is 0. The summed E-state index contributed by atoms with van der Waals surface area (Å²) in [4.78, 5) is 2.36. The molecular weight excluding hydrogens is 339 g/mol. The van der Waals surface area contributed by atoms with E-state index in [1.807, 2.05) is 6.07 Å². The van der Waals surface area contributed by atoms with E-state index in [0.717, 1.165) is 35.7 Å². The Balaban J connectivity index is 0.00000162. The van der Waals surface area contributed by atoms with Crippen LogP contribution in [-0.4, -0.2) is 37.2 Å². The second-order valence-electron chi connectivity index (χ2n) is 4.21. The summed E-state index contributed by atoms with van der Waals surface area (Å²) in [6.07, 6.45) is 0.166. The summed E-state index contributed by atoms with van der Waals surface area (Å²) in [5.74, 6) is 0. The van der Waals surface area contributed by atoms with E-state index in [9.17, 15) is 0 Å². The maximum Gasteiger partial charge on any atom is 0.0824 e. The standard InChI is InChI=1S/C12H16BrClN2O.ClH/c13-11-5-9(1-2-12(11)14)7-16-3-4-17-10(6-15)8-16;/h1-2,5,10H,3-4,6-8,15H2;1H. The lowest BCUT2D eigenvalue weighted by Crippen LogP contribution is -2.45. The van der Waals surface area contributed by atoms with E-state index in [0.29, 0.717) is 6.54 Å². The van der Waals surface area contributed by atoms with Crippen molar-refractivity contribution in [3.05, 3.63) is 33.3 Å². The Hall–Kier alpha value is 0.160. The average Bonchev–Trinajstić information content (AvgIpc) is 2.34. The van der Waals surface area contributed by atoms with Crippen molar-refractivity contribution in [3.63, 3.8) is 0 Å². The zero-order valence-corrected chi connectivity index (χ0v) is 13.1. The Morgan fingerprint density at radius 3 is 2.94 bits per heavy atom. The maximum atomic E-state index is 5.97. The Kier molecular flexibility index (Phi) is 6.92. The van der Waals surface area contributed by atoms with Crippen molar-refractivity contribution in [2.24, 2.45) is 5.73 Å². The van der Waals surface area contributed by atoms with Gasteiger partial charge in [0.2, 0.25) is 0 Å². The fourth-order valence-corrected chi connectivity index (χ4v) is 2.51. The van der Waals surface area contributed by atoms with Gasteiger partial charge in [-0.05, 0) is 33.6 Å². The zero-order chi connectivity index (χ0) is 12.3. The van der Waals surface area contributed by atoms with Crippen LogP contribution in [0.5, 0.6) is 0 Å². The highest BCUT2D eigenvalue weighted by molar-refractivity contribution is 9.10. The number of nitrogens with two attached hydrogens (primary N) is 1. The molecule has 0 saturated carbocycles. The van der Waals surface area contributed by atoms with Crippen LogP contribution >= 0.6 is 39.9 Å². The van der Waals surface area contributed by atoms with E-state index < -0.39 is 0 Å². The van der Waals surface area contributed by atoms with Crippen LogP contribution in [0.2, 0.25) is 5.02 Å². The van der Waals surface area contributed by atoms with Crippen LogP contribution in [0, 0.1) is 0 Å². The molecule has 0 aromatic heterocycles. The number of nitrogens with zero attached hydrogens (tertiary/aromatic N) is 1. The number of halogens is 3. The van der Waals surface area contributed by atoms with Crippen LogP contribution in [0.1, 0.15) is 5.56 Å². The maximum absolute atomic E-state index is 5.97. The summed E-state index contributed by atoms with van der Waals surface area (Å²) in [6.45, 7) is 4.11. The van der Waals surface area contributed by atoms with Crippen LogP contribution in [0.15, 0.2) is 22.7 Å². The smallest absolute Gasteiger partial charge is 0.0824 e. The molecule has 1 aromatic rings. The predicted molar refractivity (Wildman–Crippen MR) is 80.5 cm³/mol. The molecule has 1 fully saturated rings. The quantitative estimate of drug-likeness (QED) is 0.905. The van der Waals surface area contributed by atoms with Crippen molar-refractivity contribution in [3.8, 4) is 0 Å². The summed E-state index contributed by atoms with van der Waals surface area (Å²) in [6, 6.07) is 6.04. The van der Waals surface area contributed by atoms with Gasteiger partial charge < -0.3 is 10.5 Å². The lowest BCUT2D eigenvalue weighted by atomic mass is 10.2. The second-order valence-corrected chi connectivity index (χ2v) is 5.47. The van der Waals surface area contributed by atoms with Crippen LogP contribution < -0.4 is 5.73 Å². The van der Waals surface area contributed by atoms with Crippen molar-refractivity contribution < 1.29 is 4.74 Å². The summed E-state index contributed by atoms with van der Waals surface area (Å²) >= 11 is 9.41. The van der Waals surface area contributed by atoms with E-state index in [1.165, 1.54) is 5.56 Å². The molecule has 2 rings (SSSR count). The van der Waals surface area contributed by atoms with E-state index in [4.69, 9.17) is 22.1 Å². The highest BCUT2D eigenvalue weighted by atomic mass is 79.9. The molecule has 18 heavy (non-hydrogen) atoms. The van der Waals surface area contributed by atoms with Crippen molar-refractivity contribution in [1.29, 1.82) is 0 Å². The van der Waals surface area contributed by atoms with E-state index in [1.54, 1.807) is 0 Å². The molecule has 1 atom stereocenters. The summed E-state index contributed by atoms with van der Waals surface area (Å²) in [5.41, 5.74) is 6.88. The first-order valence-electron chi connectivity index (χ1n) is 5.67. The molecule has 0 bridgehead atoms. The molecule has 1 heterocycles. The molecule has 3 nitrogen and oxygen atoms in total. The van der Waals surface area contributed by atoms with Gasteiger partial charge in [0.05, 0.1) is 17.7 Å². The van der Waals surface area contributed by atoms with Crippen LogP contribution in [0.3, 0.4) is 0 Å². The molecule has 1 aliphatic rings. The molecular formula is C12H17BrCl2N2O. The first kappa shape index (κ1) is 16.2. The van der Waals surface area contributed by atoms with Gasteiger partial charge in [0.15, 0.2) is 0 Å². The molecule has 1 saturated heterocycles. The summed E-state index contributed by atoms with van der Waals surface area (Å²) in [5, 5.41) is 0.746. The van der Waals surface area contributed by atoms with Gasteiger partial charge in [0, 0.05) is 30.7 Å². The number of morpholine rings is 1. The van der Waals surface area contributed by atoms with E-state index in [2.05, 4.69) is 33.0 Å². The van der Waals surface area contributed by atoms with Crippen molar-refractivity contribution >= 4 is 39.9 Å². The number of ether oxygens (including phenoxy) is 1. The van der Waals surface area contributed by atoms with Crippen molar-refractivity contribution in [2.75, 3.05) is 26.2 Å². The fourth-order valence-electron chi connectivity index (χ4n) is 1.96. The summed E-state index contributed by atoms with van der Waals surface area (Å²) in [7, 11) is 0. The van der Waals surface area contributed by atoms with Gasteiger partial charge in [-0.3, -0.25) is 4.90 Å². The SMILES string of the molecule is Cl.NCC1CN(Cc2ccc(Cl)c(Br)c2)CCO1. The Labute approximate surface area is 127 Å². The fraction of sp³-hybridized carbons (Fsp3) is 0.500. The molecule has 0 radical (unpaired) electrons. The van der Waals surface area contributed by atoms with Gasteiger partial charge in [0.1, 0.15) is 0 Å². The molecule has 1 aliphatic heterocycles. The zero-order valence-electron chi connectivity index (χ0n) is 9.94. The normalized spacial score (nSPS) is 20.5. The minimum Gasteiger partial charge on any atom is -0.374 e. The Bertz CT molecular complexity index is 392. The van der Waals surface area contributed by atoms with Gasteiger partial charge in [-0.25, -0.2) is 0 Å². The summed E-state index contributed by atoms with van der Waals surface area (Å²) < 4.78 is 6.49. The van der Waals surface area contributed by atoms with Gasteiger partial charge in [-0.15, -0.1) is 12.4 Å². The van der Waals surface area contributed by atoms with Gasteiger partial charge >= 0.3 is 0 Å². The van der Waals surface area contributed by atoms with Crippen molar-refractivity contribution in [2.45, 2.75) is 12.6 Å². The lowest BCUT2D eigenvalue weighted by Gasteiger charge is -2.32. The highest BCUT2D eigenvalue weighted by Gasteiger charge is 2.19. The number of benzene rings is 1.